The lowest BCUT2D eigenvalue weighted by Crippen LogP contribution is -2.16. The van der Waals surface area contributed by atoms with Crippen LogP contribution in [0.1, 0.15) is 21.7 Å². The van der Waals surface area contributed by atoms with E-state index in [2.05, 4.69) is 26.5 Å². The highest BCUT2D eigenvalue weighted by atomic mass is 79.9. The second kappa shape index (κ2) is 9.44. The number of benzene rings is 3. The minimum Gasteiger partial charge on any atom is -0.488 e. The van der Waals surface area contributed by atoms with Crippen LogP contribution >= 0.6 is 15.9 Å². The Morgan fingerprint density at radius 2 is 1.97 bits per heavy atom. The Balaban J connectivity index is 1.45. The Bertz CT molecular complexity index is 1300. The number of fused-ring (bicyclic) bond motifs is 1. The number of nitrogens with one attached hydrogen (secondary N) is 1. The van der Waals surface area contributed by atoms with Crippen LogP contribution in [-0.4, -0.2) is 17.0 Å². The Kier molecular flexibility index (Phi) is 6.27. The zero-order chi connectivity index (χ0) is 22.5. The van der Waals surface area contributed by atoms with Gasteiger partial charge in [0.1, 0.15) is 17.9 Å². The number of furan rings is 1. The second-order valence-corrected chi connectivity index (χ2v) is 7.66. The van der Waals surface area contributed by atoms with Crippen molar-refractivity contribution in [2.45, 2.75) is 6.61 Å². The third kappa shape index (κ3) is 5.01. The van der Waals surface area contributed by atoms with Crippen molar-refractivity contribution in [3.8, 4) is 5.75 Å². The molecule has 0 aliphatic carbocycles. The van der Waals surface area contributed by atoms with E-state index >= 15 is 0 Å². The Hall–Kier alpha value is -3.98. The summed E-state index contributed by atoms with van der Waals surface area (Å²) in [6.07, 6.45) is 1.45. The van der Waals surface area contributed by atoms with Crippen molar-refractivity contribution in [1.29, 1.82) is 0 Å². The zero-order valence-electron chi connectivity index (χ0n) is 16.5. The number of carbonyl (C=O) groups excluding carboxylic acids is 1. The van der Waals surface area contributed by atoms with Gasteiger partial charge < -0.3 is 9.15 Å². The SMILES string of the molecule is O=C(N/N=C/c1cc(Br)ccc1OCc1cccc([N+](=O)[O-])c1)c1cc2ccccc2o1. The number of ether oxygens (including phenoxy) is 1. The average Bonchev–Trinajstić information content (AvgIpc) is 3.23. The number of amides is 1. The molecule has 1 heterocycles. The molecule has 0 radical (unpaired) electrons. The second-order valence-electron chi connectivity index (χ2n) is 6.75. The van der Waals surface area contributed by atoms with Crippen LogP contribution in [-0.2, 0) is 6.61 Å². The van der Waals surface area contributed by atoms with E-state index in [4.69, 9.17) is 9.15 Å². The molecule has 160 valence electrons. The fraction of sp³-hybridized carbons (Fsp3) is 0.0435. The number of rotatable bonds is 7. The van der Waals surface area contributed by atoms with Crippen molar-refractivity contribution in [2.75, 3.05) is 0 Å². The molecule has 3 aromatic carbocycles. The average molecular weight is 494 g/mol. The number of nitrogens with zero attached hydrogens (tertiary/aromatic N) is 2. The molecule has 1 amide bonds. The summed E-state index contributed by atoms with van der Waals surface area (Å²) in [6.45, 7) is 0.134. The van der Waals surface area contributed by atoms with Crippen LogP contribution < -0.4 is 10.2 Å². The van der Waals surface area contributed by atoms with E-state index in [0.29, 0.717) is 22.5 Å². The van der Waals surface area contributed by atoms with Crippen molar-refractivity contribution in [2.24, 2.45) is 5.10 Å². The highest BCUT2D eigenvalue weighted by Gasteiger charge is 2.12. The van der Waals surface area contributed by atoms with E-state index in [9.17, 15) is 14.9 Å². The maximum absolute atomic E-state index is 12.3. The summed E-state index contributed by atoms with van der Waals surface area (Å²) in [5.74, 6) is 0.174. The van der Waals surface area contributed by atoms with Gasteiger partial charge in [-0.05, 0) is 35.9 Å². The predicted molar refractivity (Wildman–Crippen MR) is 123 cm³/mol. The molecular formula is C23H16BrN3O5. The maximum Gasteiger partial charge on any atom is 0.307 e. The third-order valence-electron chi connectivity index (χ3n) is 4.51. The van der Waals surface area contributed by atoms with Gasteiger partial charge in [-0.1, -0.05) is 46.3 Å². The monoisotopic (exact) mass is 493 g/mol. The molecule has 1 aromatic heterocycles. The number of nitro groups is 1. The van der Waals surface area contributed by atoms with Crippen LogP contribution in [0.5, 0.6) is 5.75 Å². The van der Waals surface area contributed by atoms with E-state index in [1.165, 1.54) is 18.3 Å². The molecule has 4 rings (SSSR count). The van der Waals surface area contributed by atoms with Gasteiger partial charge in [0.2, 0.25) is 0 Å². The minimum absolute atomic E-state index is 0.00279. The number of carbonyl (C=O) groups is 1. The lowest BCUT2D eigenvalue weighted by Gasteiger charge is -2.09. The highest BCUT2D eigenvalue weighted by Crippen LogP contribution is 2.24. The van der Waals surface area contributed by atoms with Crippen molar-refractivity contribution < 1.29 is 18.9 Å². The van der Waals surface area contributed by atoms with Gasteiger partial charge in [-0.25, -0.2) is 5.43 Å². The molecule has 0 saturated carbocycles. The molecule has 0 atom stereocenters. The molecule has 0 bridgehead atoms. The van der Waals surface area contributed by atoms with Crippen LogP contribution in [0.15, 0.2) is 86.8 Å². The van der Waals surface area contributed by atoms with Crippen LogP contribution in [0.3, 0.4) is 0 Å². The third-order valence-corrected chi connectivity index (χ3v) is 5.00. The number of halogens is 1. The summed E-state index contributed by atoms with van der Waals surface area (Å²) in [4.78, 5) is 22.8. The number of hydrogen-bond donors (Lipinski definition) is 1. The van der Waals surface area contributed by atoms with Gasteiger partial charge in [0.05, 0.1) is 11.1 Å². The number of non-ortho nitro benzene ring substituents is 1. The lowest BCUT2D eigenvalue weighted by atomic mass is 10.2. The predicted octanol–water partition coefficient (Wildman–Crippen LogP) is 5.45. The van der Waals surface area contributed by atoms with Crippen molar-refractivity contribution in [3.63, 3.8) is 0 Å². The molecular weight excluding hydrogens is 478 g/mol. The van der Waals surface area contributed by atoms with E-state index in [-0.39, 0.29) is 18.1 Å². The summed E-state index contributed by atoms with van der Waals surface area (Å²) < 4.78 is 12.1. The molecule has 0 unspecified atom stereocenters. The van der Waals surface area contributed by atoms with Gasteiger partial charge in [0.15, 0.2) is 5.76 Å². The van der Waals surface area contributed by atoms with Crippen LogP contribution in [0, 0.1) is 10.1 Å². The molecule has 0 spiro atoms. The quantitative estimate of drug-likeness (QED) is 0.209. The van der Waals surface area contributed by atoms with Crippen LogP contribution in [0.25, 0.3) is 11.0 Å². The first-order valence-electron chi connectivity index (χ1n) is 9.47. The number of hydrazone groups is 1. The first-order chi connectivity index (χ1) is 15.5. The van der Waals surface area contributed by atoms with Gasteiger partial charge >= 0.3 is 5.91 Å². The van der Waals surface area contributed by atoms with Gasteiger partial charge in [-0.2, -0.15) is 5.10 Å². The van der Waals surface area contributed by atoms with Crippen LogP contribution in [0.4, 0.5) is 5.69 Å². The lowest BCUT2D eigenvalue weighted by molar-refractivity contribution is -0.384. The van der Waals surface area contributed by atoms with Gasteiger partial charge in [0.25, 0.3) is 5.69 Å². The fourth-order valence-electron chi connectivity index (χ4n) is 2.98. The largest absolute Gasteiger partial charge is 0.488 e. The maximum atomic E-state index is 12.3. The van der Waals surface area contributed by atoms with Crippen molar-refractivity contribution in [3.05, 3.63) is 104 Å². The van der Waals surface area contributed by atoms with E-state index in [0.717, 1.165) is 9.86 Å². The van der Waals surface area contributed by atoms with E-state index in [1.807, 2.05) is 18.2 Å². The summed E-state index contributed by atoms with van der Waals surface area (Å²) in [5, 5.41) is 15.8. The first kappa shape index (κ1) is 21.3. The fourth-order valence-corrected chi connectivity index (χ4v) is 3.36. The molecule has 0 fully saturated rings. The molecule has 8 nitrogen and oxygen atoms in total. The number of hydrogen-bond acceptors (Lipinski definition) is 6. The van der Waals surface area contributed by atoms with Crippen molar-refractivity contribution >= 4 is 44.7 Å². The molecule has 9 heteroatoms. The molecule has 0 saturated heterocycles. The molecule has 0 aliphatic heterocycles. The molecule has 1 N–H and O–H groups in total. The standard InChI is InChI=1S/C23H16BrN3O5/c24-18-8-9-20(31-14-15-4-3-6-19(10-15)27(29)30)17(11-18)13-25-26-23(28)22-12-16-5-1-2-7-21(16)32-22/h1-13H,14H2,(H,26,28)/b25-13+. The minimum atomic E-state index is -0.480. The topological polar surface area (TPSA) is 107 Å². The van der Waals surface area contributed by atoms with Crippen LogP contribution in [0.2, 0.25) is 0 Å². The molecule has 0 aliphatic rings. The van der Waals surface area contributed by atoms with E-state index < -0.39 is 10.8 Å². The van der Waals surface area contributed by atoms with Gasteiger partial charge in [-0.3, -0.25) is 14.9 Å². The molecule has 32 heavy (non-hydrogen) atoms. The summed E-state index contributed by atoms with van der Waals surface area (Å²) in [6, 6.07) is 20.5. The molecule has 4 aromatic rings. The Morgan fingerprint density at radius 3 is 2.78 bits per heavy atom. The summed E-state index contributed by atoms with van der Waals surface area (Å²) in [7, 11) is 0. The Morgan fingerprint density at radius 1 is 1.12 bits per heavy atom. The summed E-state index contributed by atoms with van der Waals surface area (Å²) in [5.41, 5.74) is 4.32. The smallest absolute Gasteiger partial charge is 0.307 e. The Labute approximate surface area is 190 Å². The highest BCUT2D eigenvalue weighted by molar-refractivity contribution is 9.10. The van der Waals surface area contributed by atoms with Gasteiger partial charge in [-0.15, -0.1) is 0 Å². The van der Waals surface area contributed by atoms with Gasteiger partial charge in [0, 0.05) is 27.6 Å². The number of para-hydroxylation sites is 1. The first-order valence-corrected chi connectivity index (χ1v) is 10.3. The normalized spacial score (nSPS) is 11.0. The summed E-state index contributed by atoms with van der Waals surface area (Å²) >= 11 is 3.40. The number of nitro benzene ring substituents is 1. The van der Waals surface area contributed by atoms with Crippen molar-refractivity contribution in [1.82, 2.24) is 5.43 Å². The zero-order valence-corrected chi connectivity index (χ0v) is 18.1. The van der Waals surface area contributed by atoms with E-state index in [1.54, 1.807) is 42.5 Å².